The monoisotopic (exact) mass is 324 g/mol. The maximum absolute atomic E-state index is 12.9. The fourth-order valence-electron chi connectivity index (χ4n) is 3.36. The first-order valence-electron chi connectivity index (χ1n) is 8.32. The summed E-state index contributed by atoms with van der Waals surface area (Å²) in [5.41, 5.74) is 2.34. The van der Waals surface area contributed by atoms with Crippen molar-refractivity contribution in [3.63, 3.8) is 0 Å². The van der Waals surface area contributed by atoms with Crippen molar-refractivity contribution in [2.24, 2.45) is 5.92 Å². The molecule has 2 aromatic rings. The van der Waals surface area contributed by atoms with Gasteiger partial charge in [-0.1, -0.05) is 42.5 Å². The predicted octanol–water partition coefficient (Wildman–Crippen LogP) is 2.66. The molecule has 0 radical (unpaired) electrons. The van der Waals surface area contributed by atoms with E-state index in [-0.39, 0.29) is 17.7 Å². The molecular formula is C20H24N2O2. The van der Waals surface area contributed by atoms with E-state index in [2.05, 4.69) is 29.6 Å². The van der Waals surface area contributed by atoms with Crippen LogP contribution >= 0.6 is 0 Å². The number of ether oxygens (including phenoxy) is 1. The Labute approximate surface area is 143 Å². The van der Waals surface area contributed by atoms with Gasteiger partial charge in [-0.3, -0.25) is 4.79 Å². The van der Waals surface area contributed by atoms with E-state index in [0.29, 0.717) is 6.54 Å². The zero-order valence-electron chi connectivity index (χ0n) is 14.2. The Kier molecular flexibility index (Phi) is 5.16. The molecule has 1 heterocycles. The van der Waals surface area contributed by atoms with Crippen LogP contribution in [0.15, 0.2) is 54.6 Å². The lowest BCUT2D eigenvalue weighted by molar-refractivity contribution is -0.134. The van der Waals surface area contributed by atoms with Crippen LogP contribution in [-0.4, -0.2) is 38.1 Å². The van der Waals surface area contributed by atoms with Gasteiger partial charge in [-0.15, -0.1) is 0 Å². The van der Waals surface area contributed by atoms with E-state index in [0.717, 1.165) is 24.4 Å². The van der Waals surface area contributed by atoms with Crippen LogP contribution in [0.3, 0.4) is 0 Å². The third kappa shape index (κ3) is 3.60. The Morgan fingerprint density at radius 1 is 1.12 bits per heavy atom. The highest BCUT2D eigenvalue weighted by Gasteiger charge is 2.35. The molecule has 2 unspecified atom stereocenters. The number of nitrogens with zero attached hydrogens (tertiary/aromatic N) is 1. The summed E-state index contributed by atoms with van der Waals surface area (Å²) < 4.78 is 5.22. The summed E-state index contributed by atoms with van der Waals surface area (Å²) in [5, 5.41) is 3.37. The standard InChI is InChI=1S/C20H24N2O2/c1-22(14-15-6-4-3-5-7-15)20(23)19-13-21-12-18(19)16-8-10-17(24-2)11-9-16/h3-11,18-19,21H,12-14H2,1-2H3. The van der Waals surface area contributed by atoms with Crippen LogP contribution in [0.1, 0.15) is 17.0 Å². The van der Waals surface area contributed by atoms with E-state index in [4.69, 9.17) is 4.74 Å². The summed E-state index contributed by atoms with van der Waals surface area (Å²) in [4.78, 5) is 14.8. The fraction of sp³-hybridized carbons (Fsp3) is 0.350. The van der Waals surface area contributed by atoms with Gasteiger partial charge < -0.3 is 15.0 Å². The van der Waals surface area contributed by atoms with E-state index in [1.54, 1.807) is 7.11 Å². The number of methoxy groups -OCH3 is 1. The Balaban J connectivity index is 1.70. The number of carbonyl (C=O) groups is 1. The molecule has 1 amide bonds. The Morgan fingerprint density at radius 3 is 2.50 bits per heavy atom. The molecule has 0 aliphatic carbocycles. The quantitative estimate of drug-likeness (QED) is 0.919. The topological polar surface area (TPSA) is 41.6 Å². The van der Waals surface area contributed by atoms with E-state index >= 15 is 0 Å². The third-order valence-electron chi connectivity index (χ3n) is 4.71. The maximum atomic E-state index is 12.9. The Morgan fingerprint density at radius 2 is 1.83 bits per heavy atom. The number of hydrogen-bond donors (Lipinski definition) is 1. The van der Waals surface area contributed by atoms with E-state index < -0.39 is 0 Å². The lowest BCUT2D eigenvalue weighted by Gasteiger charge is -2.25. The molecule has 4 nitrogen and oxygen atoms in total. The summed E-state index contributed by atoms with van der Waals surface area (Å²) in [7, 11) is 3.55. The normalized spacial score (nSPS) is 19.9. The van der Waals surface area contributed by atoms with Crippen molar-refractivity contribution in [3.8, 4) is 5.75 Å². The SMILES string of the molecule is COc1ccc(C2CNCC2C(=O)N(C)Cc2ccccc2)cc1. The van der Waals surface area contributed by atoms with Gasteiger partial charge in [-0.05, 0) is 23.3 Å². The molecule has 126 valence electrons. The lowest BCUT2D eigenvalue weighted by atomic mass is 9.88. The first-order valence-corrected chi connectivity index (χ1v) is 8.32. The number of hydrogen-bond acceptors (Lipinski definition) is 3. The average molecular weight is 324 g/mol. The minimum absolute atomic E-state index is 0.0212. The molecule has 4 heteroatoms. The molecule has 0 aromatic heterocycles. The molecule has 1 aliphatic heterocycles. The number of carbonyl (C=O) groups excluding carboxylic acids is 1. The van der Waals surface area contributed by atoms with Crippen LogP contribution in [0, 0.1) is 5.92 Å². The van der Waals surface area contributed by atoms with Crippen molar-refractivity contribution in [1.82, 2.24) is 10.2 Å². The van der Waals surface area contributed by atoms with Gasteiger partial charge in [0.2, 0.25) is 5.91 Å². The zero-order valence-corrected chi connectivity index (χ0v) is 14.2. The maximum Gasteiger partial charge on any atom is 0.227 e. The van der Waals surface area contributed by atoms with Crippen LogP contribution in [0.25, 0.3) is 0 Å². The summed E-state index contributed by atoms with van der Waals surface area (Å²) in [5.74, 6) is 1.23. The lowest BCUT2D eigenvalue weighted by Crippen LogP contribution is -2.35. The van der Waals surface area contributed by atoms with Crippen molar-refractivity contribution in [3.05, 3.63) is 65.7 Å². The highest BCUT2D eigenvalue weighted by atomic mass is 16.5. The van der Waals surface area contributed by atoms with Crippen molar-refractivity contribution >= 4 is 5.91 Å². The highest BCUT2D eigenvalue weighted by Crippen LogP contribution is 2.30. The van der Waals surface area contributed by atoms with E-state index in [9.17, 15) is 4.79 Å². The van der Waals surface area contributed by atoms with Crippen molar-refractivity contribution < 1.29 is 9.53 Å². The summed E-state index contributed by atoms with van der Waals surface area (Å²) in [6.07, 6.45) is 0. The van der Waals surface area contributed by atoms with Crippen LogP contribution < -0.4 is 10.1 Å². The fourth-order valence-corrected chi connectivity index (χ4v) is 3.36. The first-order chi connectivity index (χ1) is 11.7. The van der Waals surface area contributed by atoms with Gasteiger partial charge in [0.25, 0.3) is 0 Å². The van der Waals surface area contributed by atoms with Crippen molar-refractivity contribution in [1.29, 1.82) is 0 Å². The van der Waals surface area contributed by atoms with Gasteiger partial charge in [0.1, 0.15) is 5.75 Å². The minimum atomic E-state index is -0.0212. The second kappa shape index (κ2) is 7.49. The molecule has 0 saturated carbocycles. The van der Waals surface area contributed by atoms with Gasteiger partial charge >= 0.3 is 0 Å². The van der Waals surface area contributed by atoms with Crippen LogP contribution in [0.2, 0.25) is 0 Å². The first kappa shape index (κ1) is 16.5. The summed E-state index contributed by atoms with van der Waals surface area (Å²) >= 11 is 0. The Hall–Kier alpha value is -2.33. The molecule has 24 heavy (non-hydrogen) atoms. The summed E-state index contributed by atoms with van der Waals surface area (Å²) in [6, 6.07) is 18.2. The molecule has 0 bridgehead atoms. The van der Waals surface area contributed by atoms with Crippen LogP contribution in [0.5, 0.6) is 5.75 Å². The van der Waals surface area contributed by atoms with Crippen molar-refractivity contribution in [2.75, 3.05) is 27.2 Å². The zero-order chi connectivity index (χ0) is 16.9. The molecule has 1 fully saturated rings. The smallest absolute Gasteiger partial charge is 0.227 e. The summed E-state index contributed by atoms with van der Waals surface area (Å²) in [6.45, 7) is 2.21. The third-order valence-corrected chi connectivity index (χ3v) is 4.71. The largest absolute Gasteiger partial charge is 0.497 e. The number of amides is 1. The van der Waals surface area contributed by atoms with Gasteiger partial charge in [0.15, 0.2) is 0 Å². The molecule has 3 rings (SSSR count). The number of rotatable bonds is 5. The Bertz CT molecular complexity index is 670. The predicted molar refractivity (Wildman–Crippen MR) is 95.0 cm³/mol. The van der Waals surface area contributed by atoms with E-state index in [1.807, 2.05) is 42.3 Å². The van der Waals surface area contributed by atoms with Gasteiger partial charge in [0.05, 0.1) is 13.0 Å². The molecule has 2 aromatic carbocycles. The molecule has 1 saturated heterocycles. The van der Waals surface area contributed by atoms with Crippen molar-refractivity contribution in [2.45, 2.75) is 12.5 Å². The second-order valence-electron chi connectivity index (χ2n) is 6.32. The van der Waals surface area contributed by atoms with Gasteiger partial charge in [-0.2, -0.15) is 0 Å². The number of nitrogens with one attached hydrogen (secondary N) is 1. The number of benzene rings is 2. The van der Waals surface area contributed by atoms with Crippen LogP contribution in [0.4, 0.5) is 0 Å². The van der Waals surface area contributed by atoms with Gasteiger partial charge in [-0.25, -0.2) is 0 Å². The van der Waals surface area contributed by atoms with Gasteiger partial charge in [0, 0.05) is 32.6 Å². The molecule has 1 N–H and O–H groups in total. The molecule has 0 spiro atoms. The van der Waals surface area contributed by atoms with Crippen LogP contribution in [-0.2, 0) is 11.3 Å². The highest BCUT2D eigenvalue weighted by molar-refractivity contribution is 5.80. The minimum Gasteiger partial charge on any atom is -0.497 e. The molecular weight excluding hydrogens is 300 g/mol. The average Bonchev–Trinajstić information content (AvgIpc) is 3.11. The molecule has 1 aliphatic rings. The molecule has 2 atom stereocenters. The second-order valence-corrected chi connectivity index (χ2v) is 6.32. The van der Waals surface area contributed by atoms with E-state index in [1.165, 1.54) is 5.56 Å².